The van der Waals surface area contributed by atoms with E-state index in [1.54, 1.807) is 0 Å². The molecule has 0 aromatic carbocycles. The molecule has 0 spiro atoms. The molecule has 0 radical (unpaired) electrons. The minimum Gasteiger partial charge on any atom is -0.392 e. The Balaban J connectivity index is 2.30. The van der Waals surface area contributed by atoms with Gasteiger partial charge in [0.25, 0.3) is 0 Å². The quantitative estimate of drug-likeness (QED) is 0.725. The van der Waals surface area contributed by atoms with Crippen LogP contribution in [0.15, 0.2) is 12.7 Å². The number of hydrogen-bond acceptors (Lipinski definition) is 3. The number of aliphatic hydroxyl groups excluding tert-OH is 1. The highest BCUT2D eigenvalue weighted by Crippen LogP contribution is 2.20. The predicted octanol–water partition coefficient (Wildman–Crippen LogP) is 2.53. The van der Waals surface area contributed by atoms with Gasteiger partial charge in [-0.1, -0.05) is 12.5 Å². The molecule has 16 heavy (non-hydrogen) atoms. The zero-order valence-electron chi connectivity index (χ0n) is 10.4. The van der Waals surface area contributed by atoms with Crippen LogP contribution in [0.1, 0.15) is 32.1 Å². The van der Waals surface area contributed by atoms with Crippen molar-refractivity contribution in [2.24, 2.45) is 0 Å². The van der Waals surface area contributed by atoms with Crippen LogP contribution < -0.4 is 0 Å². The molecular weight excluding hydrogens is 218 g/mol. The van der Waals surface area contributed by atoms with Crippen LogP contribution in [0, 0.1) is 0 Å². The van der Waals surface area contributed by atoms with Crippen LogP contribution in [-0.2, 0) is 0 Å². The minimum atomic E-state index is -0.182. The van der Waals surface area contributed by atoms with Gasteiger partial charge in [0.05, 0.1) is 6.10 Å². The van der Waals surface area contributed by atoms with E-state index in [2.05, 4.69) is 17.7 Å². The molecule has 1 aliphatic rings. The zero-order valence-corrected chi connectivity index (χ0v) is 11.2. The second kappa shape index (κ2) is 8.15. The monoisotopic (exact) mass is 243 g/mol. The molecular formula is C13H25NOS. The van der Waals surface area contributed by atoms with Crippen molar-refractivity contribution < 1.29 is 5.11 Å². The maximum Gasteiger partial charge on any atom is 0.0670 e. The molecule has 1 saturated heterocycles. The Morgan fingerprint density at radius 3 is 3.06 bits per heavy atom. The first kappa shape index (κ1) is 14.1. The van der Waals surface area contributed by atoms with E-state index in [9.17, 15) is 5.11 Å². The first-order valence-corrected chi connectivity index (χ1v) is 7.59. The number of thioether (sulfide) groups is 1. The van der Waals surface area contributed by atoms with E-state index in [0.29, 0.717) is 0 Å². The van der Waals surface area contributed by atoms with Gasteiger partial charge in [-0.05, 0) is 38.5 Å². The van der Waals surface area contributed by atoms with Gasteiger partial charge in [0.2, 0.25) is 0 Å². The van der Waals surface area contributed by atoms with Gasteiger partial charge in [0, 0.05) is 18.3 Å². The van der Waals surface area contributed by atoms with Gasteiger partial charge >= 0.3 is 0 Å². The fourth-order valence-corrected chi connectivity index (χ4v) is 3.00. The van der Waals surface area contributed by atoms with E-state index in [4.69, 9.17) is 0 Å². The molecule has 0 aromatic heterocycles. The summed E-state index contributed by atoms with van der Waals surface area (Å²) in [6.45, 7) is 6.83. The summed E-state index contributed by atoms with van der Waals surface area (Å²) in [5.41, 5.74) is 0. The van der Waals surface area contributed by atoms with Crippen molar-refractivity contribution in [1.82, 2.24) is 4.90 Å². The molecule has 2 nitrogen and oxygen atoms in total. The second-order valence-electron chi connectivity index (χ2n) is 4.63. The summed E-state index contributed by atoms with van der Waals surface area (Å²) in [5, 5.41) is 10.6. The van der Waals surface area contributed by atoms with Gasteiger partial charge in [0.1, 0.15) is 0 Å². The van der Waals surface area contributed by atoms with Gasteiger partial charge in [-0.2, -0.15) is 11.8 Å². The van der Waals surface area contributed by atoms with Gasteiger partial charge in [0.15, 0.2) is 0 Å². The average Bonchev–Trinajstić information content (AvgIpc) is 2.51. The molecule has 94 valence electrons. The van der Waals surface area contributed by atoms with Crippen molar-refractivity contribution in [1.29, 1.82) is 0 Å². The summed E-state index contributed by atoms with van der Waals surface area (Å²) in [6, 6.07) is 0. The topological polar surface area (TPSA) is 23.5 Å². The van der Waals surface area contributed by atoms with Crippen molar-refractivity contribution in [3.05, 3.63) is 12.7 Å². The molecule has 1 N–H and O–H groups in total. The van der Waals surface area contributed by atoms with Crippen molar-refractivity contribution in [3.63, 3.8) is 0 Å². The fourth-order valence-electron chi connectivity index (χ4n) is 2.24. The Morgan fingerprint density at radius 2 is 2.38 bits per heavy atom. The normalized spacial score (nSPS) is 25.0. The summed E-state index contributed by atoms with van der Waals surface area (Å²) in [6.07, 6.45) is 9.62. The van der Waals surface area contributed by atoms with E-state index >= 15 is 0 Å². The van der Waals surface area contributed by atoms with Crippen molar-refractivity contribution in [2.45, 2.75) is 43.5 Å². The number of hydrogen-bond donors (Lipinski definition) is 1. The molecule has 1 heterocycles. The fraction of sp³-hybridized carbons (Fsp3) is 0.846. The van der Waals surface area contributed by atoms with Crippen LogP contribution in [0.3, 0.4) is 0 Å². The summed E-state index contributed by atoms with van der Waals surface area (Å²) in [7, 11) is 0. The molecule has 0 saturated carbocycles. The number of rotatable bonds is 6. The molecule has 3 heteroatoms. The lowest BCUT2D eigenvalue weighted by atomic mass is 10.2. The van der Waals surface area contributed by atoms with Gasteiger partial charge < -0.3 is 5.11 Å². The molecule has 1 rings (SSSR count). The Bertz CT molecular complexity index is 198. The number of allylic oxidation sites excluding steroid dienone is 1. The third-order valence-electron chi connectivity index (χ3n) is 3.22. The van der Waals surface area contributed by atoms with E-state index in [-0.39, 0.29) is 6.10 Å². The summed E-state index contributed by atoms with van der Waals surface area (Å²) in [5.74, 6) is 0. The van der Waals surface area contributed by atoms with Crippen LogP contribution >= 0.6 is 11.8 Å². The third kappa shape index (κ3) is 5.37. The molecule has 2 atom stereocenters. The zero-order chi connectivity index (χ0) is 11.8. The van der Waals surface area contributed by atoms with Crippen molar-refractivity contribution in [3.8, 4) is 0 Å². The lowest BCUT2D eigenvalue weighted by molar-refractivity contribution is 0.108. The van der Waals surface area contributed by atoms with Crippen molar-refractivity contribution >= 4 is 11.8 Å². The van der Waals surface area contributed by atoms with Gasteiger partial charge in [-0.15, -0.1) is 6.58 Å². The largest absolute Gasteiger partial charge is 0.392 e. The lowest BCUT2D eigenvalue weighted by Crippen LogP contribution is -2.36. The molecule has 0 aliphatic carbocycles. The van der Waals surface area contributed by atoms with Gasteiger partial charge in [-0.25, -0.2) is 0 Å². The molecule has 0 bridgehead atoms. The maximum atomic E-state index is 9.89. The Kier molecular flexibility index (Phi) is 7.17. The predicted molar refractivity (Wildman–Crippen MR) is 73.0 cm³/mol. The second-order valence-corrected chi connectivity index (χ2v) is 5.77. The summed E-state index contributed by atoms with van der Waals surface area (Å²) in [4.78, 5) is 2.43. The molecule has 0 amide bonds. The molecule has 1 fully saturated rings. The van der Waals surface area contributed by atoms with Crippen LogP contribution in [0.2, 0.25) is 0 Å². The summed E-state index contributed by atoms with van der Waals surface area (Å²) < 4.78 is 0. The number of β-amino-alcohol motifs (C(OH)–C–C–N with tert-alkyl or cyclic N) is 1. The lowest BCUT2D eigenvalue weighted by Gasteiger charge is -2.25. The standard InChI is InChI=1S/C13H25NOS/c1-3-4-7-12(15)10-14-9-6-5-8-13(11-14)16-2/h3,12-13,15H,1,4-11H2,2H3/t12-,13+/m0/s1. The highest BCUT2D eigenvalue weighted by atomic mass is 32.2. The van der Waals surface area contributed by atoms with E-state index in [0.717, 1.165) is 37.7 Å². The smallest absolute Gasteiger partial charge is 0.0670 e. The first-order valence-electron chi connectivity index (χ1n) is 6.30. The average molecular weight is 243 g/mol. The third-order valence-corrected chi connectivity index (χ3v) is 4.27. The first-order chi connectivity index (χ1) is 7.76. The van der Waals surface area contributed by atoms with Crippen LogP contribution in [-0.4, -0.2) is 47.3 Å². The Labute approximate surface area is 104 Å². The minimum absolute atomic E-state index is 0.182. The van der Waals surface area contributed by atoms with E-state index in [1.807, 2.05) is 17.8 Å². The van der Waals surface area contributed by atoms with Crippen LogP contribution in [0.4, 0.5) is 0 Å². The Hall–Kier alpha value is 0.0100. The number of likely N-dealkylation sites (tertiary alicyclic amines) is 1. The van der Waals surface area contributed by atoms with Crippen LogP contribution in [0.5, 0.6) is 0 Å². The number of aliphatic hydroxyl groups is 1. The highest BCUT2D eigenvalue weighted by Gasteiger charge is 2.19. The number of nitrogens with zero attached hydrogens (tertiary/aromatic N) is 1. The van der Waals surface area contributed by atoms with Crippen LogP contribution in [0.25, 0.3) is 0 Å². The Morgan fingerprint density at radius 1 is 1.56 bits per heavy atom. The van der Waals surface area contributed by atoms with Crippen molar-refractivity contribution in [2.75, 3.05) is 25.9 Å². The van der Waals surface area contributed by atoms with E-state index < -0.39 is 0 Å². The molecule has 1 aliphatic heterocycles. The molecule has 0 aromatic rings. The highest BCUT2D eigenvalue weighted by molar-refractivity contribution is 7.99. The molecule has 0 unspecified atom stereocenters. The summed E-state index contributed by atoms with van der Waals surface area (Å²) >= 11 is 1.97. The van der Waals surface area contributed by atoms with E-state index in [1.165, 1.54) is 19.3 Å². The SMILES string of the molecule is C=CCC[C@H](O)CN1CCCC[C@@H](SC)C1. The maximum absolute atomic E-state index is 9.89. The van der Waals surface area contributed by atoms with Gasteiger partial charge in [-0.3, -0.25) is 4.90 Å².